The van der Waals surface area contributed by atoms with Gasteiger partial charge in [-0.2, -0.15) is 0 Å². The number of nitrogens with one attached hydrogen (secondary N) is 3. The molecule has 0 aliphatic rings. The molecule has 0 saturated carbocycles. The molecule has 3 aromatic rings. The summed E-state index contributed by atoms with van der Waals surface area (Å²) in [7, 11) is 1.59. The Bertz CT molecular complexity index is 1110. The molecule has 0 atom stereocenters. The van der Waals surface area contributed by atoms with Crippen LogP contribution in [-0.4, -0.2) is 43.9 Å². The first kappa shape index (κ1) is 24.7. The number of para-hydroxylation sites is 1. The molecule has 0 heterocycles. The number of hydrogen-bond acceptors (Lipinski definition) is 6. The molecule has 3 N–H and O–H groups in total. The molecular formula is C25H25N3O5S. The van der Waals surface area contributed by atoms with E-state index in [4.69, 9.17) is 26.4 Å². The fraction of sp³-hybridized carbons (Fsp3) is 0.160. The third kappa shape index (κ3) is 7.58. The molecule has 0 aliphatic heterocycles. The number of methoxy groups -OCH3 is 1. The molecule has 2 amide bonds. The van der Waals surface area contributed by atoms with Crippen molar-refractivity contribution in [3.8, 4) is 22.6 Å². The van der Waals surface area contributed by atoms with Crippen LogP contribution in [0.2, 0.25) is 0 Å². The average Bonchev–Trinajstić information content (AvgIpc) is 2.87. The highest BCUT2D eigenvalue weighted by atomic mass is 32.1. The Balaban J connectivity index is 1.43. The highest BCUT2D eigenvalue weighted by molar-refractivity contribution is 7.80. The van der Waals surface area contributed by atoms with Crippen LogP contribution in [0.1, 0.15) is 10.4 Å². The number of thiocarbonyl (C=S) groups is 1. The van der Waals surface area contributed by atoms with Crippen LogP contribution in [0.25, 0.3) is 11.1 Å². The summed E-state index contributed by atoms with van der Waals surface area (Å²) in [6.07, 6.45) is 0. The quantitative estimate of drug-likeness (QED) is 0.246. The predicted octanol–water partition coefficient (Wildman–Crippen LogP) is 3.09. The third-order valence-corrected chi connectivity index (χ3v) is 4.75. The lowest BCUT2D eigenvalue weighted by Crippen LogP contribution is -2.49. The van der Waals surface area contributed by atoms with Gasteiger partial charge >= 0.3 is 0 Å². The van der Waals surface area contributed by atoms with Crippen molar-refractivity contribution in [1.82, 2.24) is 16.2 Å². The molecule has 9 heteroatoms. The number of carbonyl (C=O) groups excluding carboxylic acids is 2. The maximum Gasteiger partial charge on any atom is 0.276 e. The number of amides is 2. The molecule has 176 valence electrons. The molecule has 0 aromatic heterocycles. The Labute approximate surface area is 203 Å². The molecule has 0 aliphatic carbocycles. The number of carbonyl (C=O) groups is 2. The molecule has 8 nitrogen and oxygen atoms in total. The molecule has 0 bridgehead atoms. The van der Waals surface area contributed by atoms with Crippen LogP contribution in [0.5, 0.6) is 11.5 Å². The van der Waals surface area contributed by atoms with Crippen LogP contribution in [0, 0.1) is 0 Å². The second kappa shape index (κ2) is 12.9. The van der Waals surface area contributed by atoms with Crippen molar-refractivity contribution >= 4 is 29.1 Å². The van der Waals surface area contributed by atoms with E-state index in [-0.39, 0.29) is 11.7 Å². The smallest absolute Gasteiger partial charge is 0.276 e. The zero-order valence-corrected chi connectivity index (χ0v) is 19.4. The maximum atomic E-state index is 12.3. The van der Waals surface area contributed by atoms with Gasteiger partial charge < -0.3 is 14.2 Å². The molecule has 0 radical (unpaired) electrons. The summed E-state index contributed by atoms with van der Waals surface area (Å²) in [5.41, 5.74) is 7.14. The highest BCUT2D eigenvalue weighted by Crippen LogP contribution is 2.29. The Morgan fingerprint density at radius 3 is 2.26 bits per heavy atom. The van der Waals surface area contributed by atoms with Crippen molar-refractivity contribution in [3.63, 3.8) is 0 Å². The lowest BCUT2D eigenvalue weighted by Gasteiger charge is -2.13. The van der Waals surface area contributed by atoms with Gasteiger partial charge in [0.15, 0.2) is 11.7 Å². The van der Waals surface area contributed by atoms with Crippen LogP contribution >= 0.6 is 12.2 Å². The second-order valence-electron chi connectivity index (χ2n) is 6.97. The van der Waals surface area contributed by atoms with Gasteiger partial charge in [-0.15, -0.1) is 0 Å². The lowest BCUT2D eigenvalue weighted by atomic mass is 10.1. The van der Waals surface area contributed by atoms with Gasteiger partial charge in [-0.1, -0.05) is 48.5 Å². The maximum absolute atomic E-state index is 12.3. The lowest BCUT2D eigenvalue weighted by molar-refractivity contribution is -0.123. The number of rotatable bonds is 9. The summed E-state index contributed by atoms with van der Waals surface area (Å²) in [6.45, 7) is 0.647. The van der Waals surface area contributed by atoms with Crippen molar-refractivity contribution in [2.75, 3.05) is 26.9 Å². The minimum atomic E-state index is -0.461. The average molecular weight is 480 g/mol. The second-order valence-corrected chi connectivity index (χ2v) is 7.38. The minimum Gasteiger partial charge on any atom is -0.491 e. The van der Waals surface area contributed by atoms with Crippen molar-refractivity contribution < 1.29 is 23.8 Å². The van der Waals surface area contributed by atoms with E-state index in [1.807, 2.05) is 48.5 Å². The van der Waals surface area contributed by atoms with E-state index in [2.05, 4.69) is 16.2 Å². The minimum absolute atomic E-state index is 0.0524. The first-order chi connectivity index (χ1) is 16.6. The first-order valence-electron chi connectivity index (χ1n) is 10.5. The summed E-state index contributed by atoms with van der Waals surface area (Å²) in [5.74, 6) is 0.310. The van der Waals surface area contributed by atoms with Crippen molar-refractivity contribution in [1.29, 1.82) is 0 Å². The standard InChI is InChI=1S/C25H25N3O5S/c1-31-15-16-32-20-13-11-19(12-14-20)24(30)26-25(34)28-27-23(29)17-33-22-10-6-5-9-21(22)18-7-3-2-4-8-18/h2-14H,15-17H2,1H3,(H,27,29)(H2,26,28,30,34). The number of benzene rings is 3. The molecule has 3 aromatic carbocycles. The van der Waals surface area contributed by atoms with E-state index in [9.17, 15) is 9.59 Å². The largest absolute Gasteiger partial charge is 0.491 e. The van der Waals surface area contributed by atoms with Gasteiger partial charge in [0, 0.05) is 18.2 Å². The Morgan fingerprint density at radius 2 is 1.53 bits per heavy atom. The Kier molecular flexibility index (Phi) is 9.39. The molecule has 3 rings (SSSR count). The number of hydrogen-bond donors (Lipinski definition) is 3. The molecule has 34 heavy (non-hydrogen) atoms. The molecular weight excluding hydrogens is 454 g/mol. The van der Waals surface area contributed by atoms with E-state index in [0.717, 1.165) is 11.1 Å². The molecule has 0 fully saturated rings. The van der Waals surface area contributed by atoms with Crippen molar-refractivity contribution in [3.05, 3.63) is 84.4 Å². The van der Waals surface area contributed by atoms with Crippen LogP contribution in [-0.2, 0) is 9.53 Å². The van der Waals surface area contributed by atoms with Crippen LogP contribution in [0.3, 0.4) is 0 Å². The van der Waals surface area contributed by atoms with Crippen LogP contribution in [0.15, 0.2) is 78.9 Å². The van der Waals surface area contributed by atoms with E-state index in [0.29, 0.717) is 30.3 Å². The van der Waals surface area contributed by atoms with Crippen LogP contribution in [0.4, 0.5) is 0 Å². The predicted molar refractivity (Wildman–Crippen MR) is 133 cm³/mol. The van der Waals surface area contributed by atoms with E-state index < -0.39 is 11.8 Å². The van der Waals surface area contributed by atoms with Gasteiger partial charge in [0.05, 0.1) is 6.61 Å². The molecule has 0 unspecified atom stereocenters. The van der Waals surface area contributed by atoms with Gasteiger partial charge in [-0.25, -0.2) is 0 Å². The third-order valence-electron chi connectivity index (χ3n) is 4.55. The molecule has 0 spiro atoms. The van der Waals surface area contributed by atoms with E-state index >= 15 is 0 Å². The molecule has 0 saturated heterocycles. The first-order valence-corrected chi connectivity index (χ1v) is 10.9. The summed E-state index contributed by atoms with van der Waals surface area (Å²) in [6, 6.07) is 23.7. The van der Waals surface area contributed by atoms with Gasteiger partial charge in [0.1, 0.15) is 18.1 Å². The van der Waals surface area contributed by atoms with E-state index in [1.165, 1.54) is 0 Å². The Hall–Kier alpha value is -3.95. The monoisotopic (exact) mass is 479 g/mol. The van der Waals surface area contributed by atoms with Crippen LogP contribution < -0.4 is 25.6 Å². The van der Waals surface area contributed by atoms with Gasteiger partial charge in [-0.3, -0.25) is 25.8 Å². The number of ether oxygens (including phenoxy) is 3. The zero-order chi connectivity index (χ0) is 24.2. The van der Waals surface area contributed by atoms with Crippen molar-refractivity contribution in [2.24, 2.45) is 0 Å². The van der Waals surface area contributed by atoms with Gasteiger partial charge in [0.2, 0.25) is 0 Å². The fourth-order valence-electron chi connectivity index (χ4n) is 2.91. The summed E-state index contributed by atoms with van der Waals surface area (Å²) in [5, 5.41) is 2.44. The van der Waals surface area contributed by atoms with Crippen molar-refractivity contribution in [2.45, 2.75) is 0 Å². The summed E-state index contributed by atoms with van der Waals surface area (Å²) >= 11 is 5.07. The zero-order valence-electron chi connectivity index (χ0n) is 18.6. The summed E-state index contributed by atoms with van der Waals surface area (Å²) < 4.78 is 16.1. The summed E-state index contributed by atoms with van der Waals surface area (Å²) in [4.78, 5) is 24.5. The highest BCUT2D eigenvalue weighted by Gasteiger charge is 2.11. The normalized spacial score (nSPS) is 10.1. The topological polar surface area (TPSA) is 97.9 Å². The fourth-order valence-corrected chi connectivity index (χ4v) is 3.05. The van der Waals surface area contributed by atoms with Gasteiger partial charge in [0.25, 0.3) is 11.8 Å². The van der Waals surface area contributed by atoms with E-state index in [1.54, 1.807) is 37.4 Å². The van der Waals surface area contributed by atoms with Gasteiger partial charge in [-0.05, 0) is 48.1 Å². The number of hydrazine groups is 1. The SMILES string of the molecule is COCCOc1ccc(C(=O)NC(=S)NNC(=O)COc2ccccc2-c2ccccc2)cc1. The Morgan fingerprint density at radius 1 is 0.824 bits per heavy atom.